The predicted molar refractivity (Wildman–Crippen MR) is 85.6 cm³/mol. The topological polar surface area (TPSA) is 91.5 Å². The van der Waals surface area contributed by atoms with Crippen LogP contribution < -0.4 is 10.9 Å². The van der Waals surface area contributed by atoms with Gasteiger partial charge in [0.1, 0.15) is 5.56 Å². The number of aryl methyl sites for hydroxylation is 2. The number of aromatic nitrogens is 1. The molecule has 2 rings (SSSR count). The molecule has 7 heteroatoms. The van der Waals surface area contributed by atoms with Crippen LogP contribution in [0.1, 0.15) is 41.4 Å². The first-order valence-electron chi connectivity index (χ1n) is 7.85. The second-order valence-corrected chi connectivity index (χ2v) is 5.77. The van der Waals surface area contributed by atoms with Crippen molar-refractivity contribution in [2.75, 3.05) is 19.7 Å². The number of nitrogens with one attached hydrogen (secondary N) is 2. The van der Waals surface area contributed by atoms with Gasteiger partial charge in [-0.15, -0.1) is 0 Å². The Labute approximate surface area is 135 Å². The summed E-state index contributed by atoms with van der Waals surface area (Å²) in [5.41, 5.74) is 1.17. The molecule has 126 valence electrons. The largest absolute Gasteiger partial charge is 0.450 e. The van der Waals surface area contributed by atoms with Crippen LogP contribution in [0.3, 0.4) is 0 Å². The van der Waals surface area contributed by atoms with Crippen LogP contribution in [-0.4, -0.2) is 47.6 Å². The normalized spacial score (nSPS) is 15.3. The highest BCUT2D eigenvalue weighted by Gasteiger charge is 2.25. The highest BCUT2D eigenvalue weighted by Crippen LogP contribution is 2.12. The maximum Gasteiger partial charge on any atom is 0.409 e. The van der Waals surface area contributed by atoms with E-state index in [1.54, 1.807) is 31.7 Å². The fourth-order valence-electron chi connectivity index (χ4n) is 2.81. The Hall–Kier alpha value is -2.31. The number of ether oxygens (including phenoxy) is 1. The van der Waals surface area contributed by atoms with Gasteiger partial charge in [0.15, 0.2) is 0 Å². The van der Waals surface area contributed by atoms with Gasteiger partial charge in [0.25, 0.3) is 11.5 Å². The van der Waals surface area contributed by atoms with Crippen LogP contribution in [0.4, 0.5) is 4.79 Å². The number of hydrogen-bond donors (Lipinski definition) is 2. The number of pyridine rings is 1. The molecule has 1 aliphatic rings. The molecule has 1 aliphatic heterocycles. The lowest BCUT2D eigenvalue weighted by molar-refractivity contribution is 0.0858. The monoisotopic (exact) mass is 321 g/mol. The number of likely N-dealkylation sites (tertiary alicyclic amines) is 1. The Balaban J connectivity index is 1.96. The maximum atomic E-state index is 12.3. The van der Waals surface area contributed by atoms with Crippen molar-refractivity contribution in [2.24, 2.45) is 0 Å². The van der Waals surface area contributed by atoms with Gasteiger partial charge in [0.2, 0.25) is 0 Å². The van der Waals surface area contributed by atoms with E-state index < -0.39 is 0 Å². The summed E-state index contributed by atoms with van der Waals surface area (Å²) in [6.07, 6.45) is 0.976. The Bertz CT molecular complexity index is 645. The quantitative estimate of drug-likeness (QED) is 0.879. The van der Waals surface area contributed by atoms with Gasteiger partial charge >= 0.3 is 6.09 Å². The summed E-state index contributed by atoms with van der Waals surface area (Å²) in [4.78, 5) is 40.2. The van der Waals surface area contributed by atoms with Crippen LogP contribution >= 0.6 is 0 Å². The Kier molecular flexibility index (Phi) is 5.41. The van der Waals surface area contributed by atoms with E-state index in [-0.39, 0.29) is 29.2 Å². The summed E-state index contributed by atoms with van der Waals surface area (Å²) >= 11 is 0. The van der Waals surface area contributed by atoms with E-state index in [0.717, 1.165) is 5.69 Å². The van der Waals surface area contributed by atoms with Crippen LogP contribution in [0, 0.1) is 13.8 Å². The fraction of sp³-hybridized carbons (Fsp3) is 0.562. The van der Waals surface area contributed by atoms with Crippen LogP contribution in [0.15, 0.2) is 10.9 Å². The number of carbonyl (C=O) groups is 2. The molecule has 23 heavy (non-hydrogen) atoms. The van der Waals surface area contributed by atoms with Crippen molar-refractivity contribution in [3.05, 3.63) is 33.2 Å². The zero-order valence-corrected chi connectivity index (χ0v) is 13.8. The van der Waals surface area contributed by atoms with Gasteiger partial charge in [-0.1, -0.05) is 0 Å². The number of rotatable bonds is 3. The molecule has 1 aromatic rings. The van der Waals surface area contributed by atoms with E-state index >= 15 is 0 Å². The third kappa shape index (κ3) is 4.12. The van der Waals surface area contributed by atoms with E-state index in [1.807, 2.05) is 0 Å². The standard InChI is InChI=1S/C16H23N3O4/c1-4-23-16(22)19-7-5-12(6-8-19)18-15(21)13-10(2)9-11(3)17-14(13)20/h9,12H,4-8H2,1-3H3,(H,17,20)(H,18,21). The lowest BCUT2D eigenvalue weighted by Crippen LogP contribution is -2.47. The molecule has 0 saturated carbocycles. The fourth-order valence-corrected chi connectivity index (χ4v) is 2.81. The van der Waals surface area contributed by atoms with Gasteiger partial charge in [0, 0.05) is 24.8 Å². The molecule has 0 spiro atoms. The third-order valence-corrected chi connectivity index (χ3v) is 3.95. The third-order valence-electron chi connectivity index (χ3n) is 3.95. The molecule has 0 aliphatic carbocycles. The Morgan fingerprint density at radius 2 is 2.00 bits per heavy atom. The van der Waals surface area contributed by atoms with Crippen molar-refractivity contribution in [3.63, 3.8) is 0 Å². The molecular formula is C16H23N3O4. The van der Waals surface area contributed by atoms with E-state index in [2.05, 4.69) is 10.3 Å². The molecule has 2 N–H and O–H groups in total. The molecule has 0 aromatic carbocycles. The number of nitrogens with zero attached hydrogens (tertiary/aromatic N) is 1. The molecule has 7 nitrogen and oxygen atoms in total. The van der Waals surface area contributed by atoms with Crippen LogP contribution in [0.2, 0.25) is 0 Å². The number of H-pyrrole nitrogens is 1. The van der Waals surface area contributed by atoms with Gasteiger partial charge in [-0.2, -0.15) is 0 Å². The molecule has 0 bridgehead atoms. The van der Waals surface area contributed by atoms with Crippen molar-refractivity contribution < 1.29 is 14.3 Å². The van der Waals surface area contributed by atoms with Crippen LogP contribution in [0.25, 0.3) is 0 Å². The van der Waals surface area contributed by atoms with E-state index in [9.17, 15) is 14.4 Å². The molecule has 1 saturated heterocycles. The Morgan fingerprint density at radius 3 is 2.57 bits per heavy atom. The van der Waals surface area contributed by atoms with Crippen molar-refractivity contribution in [2.45, 2.75) is 39.7 Å². The minimum absolute atomic E-state index is 0.0479. The van der Waals surface area contributed by atoms with E-state index in [4.69, 9.17) is 4.74 Å². The number of piperidine rings is 1. The zero-order chi connectivity index (χ0) is 17.0. The predicted octanol–water partition coefficient (Wildman–Crippen LogP) is 1.34. The Morgan fingerprint density at radius 1 is 1.35 bits per heavy atom. The van der Waals surface area contributed by atoms with Crippen LogP contribution in [0.5, 0.6) is 0 Å². The molecule has 0 unspecified atom stereocenters. The first-order valence-corrected chi connectivity index (χ1v) is 7.85. The van der Waals surface area contributed by atoms with Gasteiger partial charge in [-0.05, 0) is 45.2 Å². The van der Waals surface area contributed by atoms with Gasteiger partial charge in [-0.3, -0.25) is 9.59 Å². The summed E-state index contributed by atoms with van der Waals surface area (Å²) in [7, 11) is 0. The molecule has 0 atom stereocenters. The molecular weight excluding hydrogens is 298 g/mol. The molecule has 2 amide bonds. The lowest BCUT2D eigenvalue weighted by atomic mass is 10.0. The maximum absolute atomic E-state index is 12.3. The lowest BCUT2D eigenvalue weighted by Gasteiger charge is -2.31. The summed E-state index contributed by atoms with van der Waals surface area (Å²) in [5.74, 6) is -0.363. The molecule has 2 heterocycles. The van der Waals surface area contributed by atoms with E-state index in [0.29, 0.717) is 38.1 Å². The summed E-state index contributed by atoms with van der Waals surface area (Å²) in [6.45, 7) is 6.72. The minimum Gasteiger partial charge on any atom is -0.450 e. The second-order valence-electron chi connectivity index (χ2n) is 5.77. The van der Waals surface area contributed by atoms with Crippen molar-refractivity contribution >= 4 is 12.0 Å². The summed E-state index contributed by atoms with van der Waals surface area (Å²) < 4.78 is 4.96. The van der Waals surface area contributed by atoms with Gasteiger partial charge < -0.3 is 19.9 Å². The number of carbonyl (C=O) groups excluding carboxylic acids is 2. The average Bonchev–Trinajstić information content (AvgIpc) is 2.47. The zero-order valence-electron chi connectivity index (χ0n) is 13.8. The molecule has 0 radical (unpaired) electrons. The number of amides is 2. The van der Waals surface area contributed by atoms with Crippen LogP contribution in [-0.2, 0) is 4.74 Å². The number of aromatic amines is 1. The molecule has 1 aromatic heterocycles. The highest BCUT2D eigenvalue weighted by atomic mass is 16.6. The summed E-state index contributed by atoms with van der Waals surface area (Å²) in [5, 5.41) is 2.89. The first kappa shape index (κ1) is 17.1. The minimum atomic E-state index is -0.371. The van der Waals surface area contributed by atoms with E-state index in [1.165, 1.54) is 0 Å². The van der Waals surface area contributed by atoms with Gasteiger partial charge in [-0.25, -0.2) is 4.79 Å². The van der Waals surface area contributed by atoms with Crippen molar-refractivity contribution in [3.8, 4) is 0 Å². The first-order chi connectivity index (χ1) is 10.9. The average molecular weight is 321 g/mol. The van der Waals surface area contributed by atoms with Gasteiger partial charge in [0.05, 0.1) is 6.61 Å². The van der Waals surface area contributed by atoms with Crippen molar-refractivity contribution in [1.29, 1.82) is 0 Å². The second kappa shape index (κ2) is 7.30. The van der Waals surface area contributed by atoms with Crippen molar-refractivity contribution in [1.82, 2.24) is 15.2 Å². The number of hydrogen-bond acceptors (Lipinski definition) is 4. The smallest absolute Gasteiger partial charge is 0.409 e. The highest BCUT2D eigenvalue weighted by molar-refractivity contribution is 5.95. The summed E-state index contributed by atoms with van der Waals surface area (Å²) in [6, 6.07) is 1.73. The molecule has 1 fully saturated rings. The SMILES string of the molecule is CCOC(=O)N1CCC(NC(=O)c2c(C)cc(C)[nH]c2=O)CC1.